The summed E-state index contributed by atoms with van der Waals surface area (Å²) in [6, 6.07) is 0. The van der Waals surface area contributed by atoms with Gasteiger partial charge in [-0.05, 0) is 12.8 Å². The Kier molecular flexibility index (Phi) is 4.85. The minimum Gasteiger partial charge on any atom is -0.396 e. The molecule has 0 unspecified atom stereocenters. The summed E-state index contributed by atoms with van der Waals surface area (Å²) in [6.45, 7) is 9.25. The topological polar surface area (TPSA) is 32.7 Å². The van der Waals surface area contributed by atoms with E-state index in [4.69, 9.17) is 9.84 Å². The van der Waals surface area contributed by atoms with Crippen molar-refractivity contribution in [3.05, 3.63) is 0 Å². The third-order valence-corrected chi connectivity index (χ3v) is 2.96. The number of nitrogens with zero attached hydrogens (tertiary/aromatic N) is 1. The Morgan fingerprint density at radius 1 is 1.21 bits per heavy atom. The summed E-state index contributed by atoms with van der Waals surface area (Å²) in [5, 5.41) is 9.13. The lowest BCUT2D eigenvalue weighted by Crippen LogP contribution is -2.40. The lowest BCUT2D eigenvalue weighted by molar-refractivity contribution is 0.0222. The maximum atomic E-state index is 9.13. The van der Waals surface area contributed by atoms with Crippen LogP contribution >= 0.6 is 0 Å². The molecular formula is C11H23NO2. The molecule has 2 aliphatic rings. The monoisotopic (exact) mass is 201 g/mol. The van der Waals surface area contributed by atoms with Crippen LogP contribution in [0.25, 0.3) is 0 Å². The molecule has 3 heteroatoms. The number of ether oxygens (including phenoxy) is 1. The number of hydrogen-bond donors (Lipinski definition) is 1. The number of rotatable bonds is 3. The van der Waals surface area contributed by atoms with Gasteiger partial charge in [0.15, 0.2) is 0 Å². The Hall–Kier alpha value is -0.120. The van der Waals surface area contributed by atoms with E-state index in [1.54, 1.807) is 0 Å². The summed E-state index contributed by atoms with van der Waals surface area (Å²) in [5.41, 5.74) is 0.275. The third-order valence-electron chi connectivity index (χ3n) is 2.96. The highest BCUT2D eigenvalue weighted by Crippen LogP contribution is 2.45. The molecule has 0 spiro atoms. The van der Waals surface area contributed by atoms with Gasteiger partial charge in [0.2, 0.25) is 0 Å². The van der Waals surface area contributed by atoms with Crippen LogP contribution in [0.3, 0.4) is 0 Å². The molecular weight excluding hydrogens is 178 g/mol. The first-order valence-electron chi connectivity index (χ1n) is 5.76. The van der Waals surface area contributed by atoms with Crippen molar-refractivity contribution in [1.29, 1.82) is 0 Å². The van der Waals surface area contributed by atoms with Gasteiger partial charge in [0, 0.05) is 31.7 Å². The minimum atomic E-state index is 0.275. The van der Waals surface area contributed by atoms with Gasteiger partial charge in [-0.15, -0.1) is 0 Å². The molecule has 2 rings (SSSR count). The summed E-state index contributed by atoms with van der Waals surface area (Å²) in [4.78, 5) is 2.41. The van der Waals surface area contributed by atoms with Gasteiger partial charge in [0.25, 0.3) is 0 Å². The van der Waals surface area contributed by atoms with Crippen LogP contribution < -0.4 is 0 Å². The molecule has 0 radical (unpaired) electrons. The summed E-state index contributed by atoms with van der Waals surface area (Å²) < 4.78 is 5.26. The minimum absolute atomic E-state index is 0.275. The van der Waals surface area contributed by atoms with E-state index >= 15 is 0 Å². The first-order valence-corrected chi connectivity index (χ1v) is 5.76. The van der Waals surface area contributed by atoms with Crippen LogP contribution in [-0.2, 0) is 4.74 Å². The van der Waals surface area contributed by atoms with Gasteiger partial charge in [-0.1, -0.05) is 13.8 Å². The Labute approximate surface area is 87.1 Å². The highest BCUT2D eigenvalue weighted by molar-refractivity contribution is 4.95. The van der Waals surface area contributed by atoms with Crippen LogP contribution in [0.5, 0.6) is 0 Å². The van der Waals surface area contributed by atoms with Gasteiger partial charge < -0.3 is 9.84 Å². The summed E-state index contributed by atoms with van der Waals surface area (Å²) in [6.07, 6.45) is 2.42. The molecule has 0 atom stereocenters. The van der Waals surface area contributed by atoms with E-state index in [9.17, 15) is 0 Å². The normalized spacial score (nSPS) is 25.1. The van der Waals surface area contributed by atoms with Crippen LogP contribution in [0.15, 0.2) is 0 Å². The molecule has 2 fully saturated rings. The molecule has 14 heavy (non-hydrogen) atoms. The van der Waals surface area contributed by atoms with E-state index in [1.807, 2.05) is 13.8 Å². The van der Waals surface area contributed by atoms with E-state index < -0.39 is 0 Å². The van der Waals surface area contributed by atoms with Crippen molar-refractivity contribution >= 4 is 0 Å². The van der Waals surface area contributed by atoms with Gasteiger partial charge in [0.1, 0.15) is 0 Å². The largest absolute Gasteiger partial charge is 0.396 e. The summed E-state index contributed by atoms with van der Waals surface area (Å²) in [5.74, 6) is 0. The van der Waals surface area contributed by atoms with Gasteiger partial charge >= 0.3 is 0 Å². The molecule has 1 saturated carbocycles. The second kappa shape index (κ2) is 5.69. The van der Waals surface area contributed by atoms with Crippen LogP contribution in [0.2, 0.25) is 0 Å². The standard InChI is InChI=1S/C9H17NO2.C2H6/c11-8-9(1-2-9)7-10-3-5-12-6-4-10;1-2/h11H,1-8H2;1-2H3. The van der Waals surface area contributed by atoms with Crippen LogP contribution in [0, 0.1) is 5.41 Å². The maximum absolute atomic E-state index is 9.13. The van der Waals surface area contributed by atoms with E-state index in [2.05, 4.69) is 4.90 Å². The molecule has 0 bridgehead atoms. The van der Waals surface area contributed by atoms with Crippen molar-refractivity contribution in [2.24, 2.45) is 5.41 Å². The van der Waals surface area contributed by atoms with Crippen molar-refractivity contribution in [1.82, 2.24) is 4.90 Å². The van der Waals surface area contributed by atoms with Gasteiger partial charge in [-0.25, -0.2) is 0 Å². The Morgan fingerprint density at radius 3 is 2.21 bits per heavy atom. The number of morpholine rings is 1. The van der Waals surface area contributed by atoms with E-state index in [1.165, 1.54) is 12.8 Å². The fraction of sp³-hybridized carbons (Fsp3) is 1.00. The maximum Gasteiger partial charge on any atom is 0.0594 e. The molecule has 1 aliphatic heterocycles. The Balaban J connectivity index is 0.000000461. The quantitative estimate of drug-likeness (QED) is 0.742. The highest BCUT2D eigenvalue weighted by atomic mass is 16.5. The van der Waals surface area contributed by atoms with Crippen molar-refractivity contribution in [3.63, 3.8) is 0 Å². The predicted octanol–water partition coefficient (Wildman–Crippen LogP) is 1.12. The third kappa shape index (κ3) is 3.23. The van der Waals surface area contributed by atoms with Gasteiger partial charge in [-0.3, -0.25) is 4.90 Å². The predicted molar refractivity (Wildman–Crippen MR) is 57.4 cm³/mol. The molecule has 1 saturated heterocycles. The summed E-state index contributed by atoms with van der Waals surface area (Å²) in [7, 11) is 0. The zero-order chi connectivity index (χ0) is 10.4. The fourth-order valence-corrected chi connectivity index (χ4v) is 1.78. The average Bonchev–Trinajstić information content (AvgIpc) is 3.03. The van der Waals surface area contributed by atoms with E-state index in [0.29, 0.717) is 6.61 Å². The van der Waals surface area contributed by atoms with E-state index in [-0.39, 0.29) is 5.41 Å². The first-order chi connectivity index (χ1) is 6.85. The van der Waals surface area contributed by atoms with Crippen molar-refractivity contribution < 1.29 is 9.84 Å². The lowest BCUT2D eigenvalue weighted by Gasteiger charge is -2.29. The molecule has 0 aromatic rings. The molecule has 3 nitrogen and oxygen atoms in total. The van der Waals surface area contributed by atoms with Crippen LogP contribution in [-0.4, -0.2) is 49.5 Å². The molecule has 1 N–H and O–H groups in total. The number of hydrogen-bond acceptors (Lipinski definition) is 3. The Morgan fingerprint density at radius 2 is 1.79 bits per heavy atom. The second-order valence-electron chi connectivity index (χ2n) is 4.05. The molecule has 84 valence electrons. The van der Waals surface area contributed by atoms with Crippen LogP contribution in [0.4, 0.5) is 0 Å². The van der Waals surface area contributed by atoms with Crippen molar-refractivity contribution in [3.8, 4) is 0 Å². The van der Waals surface area contributed by atoms with E-state index in [0.717, 1.165) is 32.8 Å². The molecule has 1 aliphatic carbocycles. The zero-order valence-corrected chi connectivity index (χ0v) is 9.46. The first kappa shape index (κ1) is 12.0. The average molecular weight is 201 g/mol. The highest BCUT2D eigenvalue weighted by Gasteiger charge is 2.43. The second-order valence-corrected chi connectivity index (χ2v) is 4.05. The van der Waals surface area contributed by atoms with Gasteiger partial charge in [-0.2, -0.15) is 0 Å². The number of aliphatic hydroxyl groups is 1. The molecule has 1 heterocycles. The Bertz CT molecular complexity index is 151. The van der Waals surface area contributed by atoms with Crippen molar-refractivity contribution in [2.75, 3.05) is 39.5 Å². The SMILES string of the molecule is CC.OCC1(CN2CCOCC2)CC1. The zero-order valence-electron chi connectivity index (χ0n) is 9.46. The van der Waals surface area contributed by atoms with Gasteiger partial charge in [0.05, 0.1) is 13.2 Å². The fourth-order valence-electron chi connectivity index (χ4n) is 1.78. The van der Waals surface area contributed by atoms with Crippen LogP contribution in [0.1, 0.15) is 26.7 Å². The summed E-state index contributed by atoms with van der Waals surface area (Å²) >= 11 is 0. The number of aliphatic hydroxyl groups excluding tert-OH is 1. The smallest absolute Gasteiger partial charge is 0.0594 e. The molecule has 0 aromatic carbocycles. The van der Waals surface area contributed by atoms with Crippen molar-refractivity contribution in [2.45, 2.75) is 26.7 Å². The molecule has 0 amide bonds. The lowest BCUT2D eigenvalue weighted by atomic mass is 10.1. The molecule has 0 aromatic heterocycles.